The van der Waals surface area contributed by atoms with Crippen molar-refractivity contribution < 1.29 is 4.79 Å². The van der Waals surface area contributed by atoms with Crippen molar-refractivity contribution >= 4 is 34.2 Å². The molecule has 0 radical (unpaired) electrons. The monoisotopic (exact) mass is 392 g/mol. The molecule has 2 aromatic rings. The van der Waals surface area contributed by atoms with Gasteiger partial charge >= 0.3 is 0 Å². The van der Waals surface area contributed by atoms with E-state index in [4.69, 9.17) is 5.73 Å². The topological polar surface area (TPSA) is 55.1 Å². The van der Waals surface area contributed by atoms with Crippen molar-refractivity contribution in [2.24, 2.45) is 0 Å². The number of nitrogens with one attached hydrogen (secondary N) is 1. The summed E-state index contributed by atoms with van der Waals surface area (Å²) in [6.07, 6.45) is 3.09. The largest absolute Gasteiger partial charge is 0.399 e. The molecule has 1 atom stereocenters. The zero-order valence-corrected chi connectivity index (χ0v) is 13.8. The summed E-state index contributed by atoms with van der Waals surface area (Å²) in [5.74, 6) is -0.00493. The van der Waals surface area contributed by atoms with E-state index in [2.05, 4.69) is 27.9 Å². The number of anilines is 1. The molecule has 0 bridgehead atoms. The highest BCUT2D eigenvalue weighted by Gasteiger charge is 2.22. The fourth-order valence-electron chi connectivity index (χ4n) is 2.87. The van der Waals surface area contributed by atoms with Gasteiger partial charge in [-0.1, -0.05) is 18.2 Å². The van der Waals surface area contributed by atoms with Crippen molar-refractivity contribution in [3.8, 4) is 0 Å². The lowest BCUT2D eigenvalue weighted by Gasteiger charge is -2.27. The molecule has 21 heavy (non-hydrogen) atoms. The number of benzene rings is 2. The van der Waals surface area contributed by atoms with Gasteiger partial charge in [-0.15, -0.1) is 0 Å². The number of carbonyl (C=O) groups excluding carboxylic acids is 1. The maximum absolute atomic E-state index is 12.5. The third-order valence-corrected chi connectivity index (χ3v) is 4.85. The Morgan fingerprint density at radius 3 is 2.86 bits per heavy atom. The molecule has 4 heteroatoms. The third kappa shape index (κ3) is 3.05. The van der Waals surface area contributed by atoms with Crippen LogP contribution in [0.15, 0.2) is 42.5 Å². The van der Waals surface area contributed by atoms with Crippen LogP contribution in [0.5, 0.6) is 0 Å². The minimum absolute atomic E-state index is 0.00493. The van der Waals surface area contributed by atoms with Crippen LogP contribution in [0.4, 0.5) is 5.69 Å². The van der Waals surface area contributed by atoms with Crippen molar-refractivity contribution in [3.63, 3.8) is 0 Å². The van der Waals surface area contributed by atoms with E-state index >= 15 is 0 Å². The Morgan fingerprint density at radius 2 is 2.05 bits per heavy atom. The summed E-state index contributed by atoms with van der Waals surface area (Å²) in [5, 5.41) is 3.17. The van der Waals surface area contributed by atoms with Crippen molar-refractivity contribution in [2.75, 3.05) is 5.73 Å². The molecule has 0 saturated carbocycles. The number of hydrogen-bond acceptors (Lipinski definition) is 2. The van der Waals surface area contributed by atoms with Crippen molar-refractivity contribution in [2.45, 2.75) is 25.3 Å². The van der Waals surface area contributed by atoms with E-state index < -0.39 is 0 Å². The van der Waals surface area contributed by atoms with Crippen molar-refractivity contribution in [3.05, 3.63) is 62.7 Å². The van der Waals surface area contributed by atoms with E-state index in [9.17, 15) is 4.79 Å². The van der Waals surface area contributed by atoms with E-state index in [0.717, 1.165) is 34.1 Å². The Morgan fingerprint density at radius 1 is 1.24 bits per heavy atom. The van der Waals surface area contributed by atoms with Crippen LogP contribution in [0, 0.1) is 3.57 Å². The Balaban J connectivity index is 1.84. The minimum atomic E-state index is -0.00493. The molecule has 0 saturated heterocycles. The van der Waals surface area contributed by atoms with Crippen LogP contribution < -0.4 is 11.1 Å². The Bertz CT molecular complexity index is 684. The quantitative estimate of drug-likeness (QED) is 0.605. The first-order valence-electron chi connectivity index (χ1n) is 7.09. The summed E-state index contributed by atoms with van der Waals surface area (Å²) >= 11 is 2.20. The summed E-state index contributed by atoms with van der Waals surface area (Å²) in [4.78, 5) is 12.5. The number of carbonyl (C=O) groups is 1. The molecule has 0 aromatic heterocycles. The van der Waals surface area contributed by atoms with Gasteiger partial charge in [-0.3, -0.25) is 4.79 Å². The second-order valence-corrected chi connectivity index (χ2v) is 6.52. The van der Waals surface area contributed by atoms with Gasteiger partial charge in [-0.2, -0.15) is 0 Å². The van der Waals surface area contributed by atoms with Crippen LogP contribution in [-0.2, 0) is 6.42 Å². The number of amides is 1. The molecule has 2 aromatic carbocycles. The minimum Gasteiger partial charge on any atom is -0.399 e. The summed E-state index contributed by atoms with van der Waals surface area (Å²) in [7, 11) is 0. The van der Waals surface area contributed by atoms with Gasteiger partial charge in [0, 0.05) is 9.26 Å². The average Bonchev–Trinajstić information content (AvgIpc) is 2.47. The number of nitrogens with two attached hydrogens (primary N) is 1. The molecule has 108 valence electrons. The van der Waals surface area contributed by atoms with Gasteiger partial charge in [0.05, 0.1) is 11.6 Å². The third-order valence-electron chi connectivity index (χ3n) is 3.91. The van der Waals surface area contributed by atoms with Crippen LogP contribution in [0.3, 0.4) is 0 Å². The van der Waals surface area contributed by atoms with Crippen LogP contribution >= 0.6 is 22.6 Å². The van der Waals surface area contributed by atoms with Crippen molar-refractivity contribution in [1.82, 2.24) is 5.32 Å². The van der Waals surface area contributed by atoms with E-state index in [1.165, 1.54) is 11.1 Å². The fraction of sp³-hybridized carbons (Fsp3) is 0.235. The smallest absolute Gasteiger partial charge is 0.252 e. The second kappa shape index (κ2) is 6.05. The first-order chi connectivity index (χ1) is 10.1. The zero-order chi connectivity index (χ0) is 14.8. The van der Waals surface area contributed by atoms with Crippen LogP contribution in [0.2, 0.25) is 0 Å². The maximum atomic E-state index is 12.5. The highest BCUT2D eigenvalue weighted by atomic mass is 127. The number of halogens is 1. The molecule has 1 aliphatic carbocycles. The predicted octanol–water partition coefficient (Wildman–Crippen LogP) is 3.68. The van der Waals surface area contributed by atoms with Crippen LogP contribution in [0.25, 0.3) is 0 Å². The average molecular weight is 392 g/mol. The molecule has 1 unspecified atom stereocenters. The van der Waals surface area contributed by atoms with Crippen LogP contribution in [-0.4, -0.2) is 5.91 Å². The van der Waals surface area contributed by atoms with E-state index in [0.29, 0.717) is 0 Å². The molecule has 3 nitrogen and oxygen atoms in total. The Labute approximate surface area is 138 Å². The summed E-state index contributed by atoms with van der Waals surface area (Å²) in [6.45, 7) is 0. The molecule has 0 spiro atoms. The number of aryl methyl sites for hydroxylation is 1. The van der Waals surface area contributed by atoms with Gasteiger partial charge in [-0.25, -0.2) is 0 Å². The molecular weight excluding hydrogens is 375 g/mol. The van der Waals surface area contributed by atoms with E-state index in [1.54, 1.807) is 0 Å². The Kier molecular flexibility index (Phi) is 4.14. The number of rotatable bonds is 2. The maximum Gasteiger partial charge on any atom is 0.252 e. The normalized spacial score (nSPS) is 17.1. The van der Waals surface area contributed by atoms with Crippen LogP contribution in [0.1, 0.15) is 40.4 Å². The first kappa shape index (κ1) is 14.4. The molecule has 1 aliphatic rings. The van der Waals surface area contributed by atoms with Crippen molar-refractivity contribution in [1.29, 1.82) is 0 Å². The van der Waals surface area contributed by atoms with Gasteiger partial charge < -0.3 is 11.1 Å². The lowest BCUT2D eigenvalue weighted by molar-refractivity contribution is 0.0932. The summed E-state index contributed by atoms with van der Waals surface area (Å²) in [6, 6.07) is 13.7. The van der Waals surface area contributed by atoms with Gasteiger partial charge in [0.25, 0.3) is 5.91 Å². The molecule has 0 fully saturated rings. The highest BCUT2D eigenvalue weighted by molar-refractivity contribution is 14.1. The zero-order valence-electron chi connectivity index (χ0n) is 11.6. The molecule has 3 rings (SSSR count). The molecule has 1 amide bonds. The fourth-order valence-corrected chi connectivity index (χ4v) is 3.50. The highest BCUT2D eigenvalue weighted by Crippen LogP contribution is 2.31. The summed E-state index contributed by atoms with van der Waals surface area (Å²) < 4.78 is 0.973. The van der Waals surface area contributed by atoms with E-state index in [1.807, 2.05) is 42.5 Å². The standard InChI is InChI=1S/C17H17IN2O/c18-15-6-2-1-5-14(15)17(21)20-16-7-3-4-11-10-12(19)8-9-13(11)16/h1-2,5-6,8-10,16H,3-4,7,19H2,(H,20,21). The molecule has 0 heterocycles. The second-order valence-electron chi connectivity index (χ2n) is 5.36. The van der Waals surface area contributed by atoms with Gasteiger partial charge in [0.15, 0.2) is 0 Å². The number of nitrogen functional groups attached to an aromatic ring is 1. The lowest BCUT2D eigenvalue weighted by Crippen LogP contribution is -2.31. The molecule has 0 aliphatic heterocycles. The van der Waals surface area contributed by atoms with Gasteiger partial charge in [0.2, 0.25) is 0 Å². The molecular formula is C17H17IN2O. The number of fused-ring (bicyclic) bond motifs is 1. The summed E-state index contributed by atoms with van der Waals surface area (Å²) in [5.41, 5.74) is 9.84. The van der Waals surface area contributed by atoms with Gasteiger partial charge in [-0.05, 0) is 77.2 Å². The SMILES string of the molecule is Nc1ccc2c(c1)CCCC2NC(=O)c1ccccc1I. The number of hydrogen-bond donors (Lipinski definition) is 2. The van der Waals surface area contributed by atoms with E-state index in [-0.39, 0.29) is 11.9 Å². The molecule has 3 N–H and O–H groups in total. The lowest BCUT2D eigenvalue weighted by atomic mass is 9.87. The predicted molar refractivity (Wildman–Crippen MR) is 93.2 cm³/mol. The van der Waals surface area contributed by atoms with Gasteiger partial charge in [0.1, 0.15) is 0 Å². The Hall–Kier alpha value is -1.56. The first-order valence-corrected chi connectivity index (χ1v) is 8.17.